The Bertz CT molecular complexity index is 332. The molecule has 1 aromatic carbocycles. The van der Waals surface area contributed by atoms with Crippen LogP contribution in [0, 0.1) is 19.8 Å². The molecule has 0 unspecified atom stereocenters. The van der Waals surface area contributed by atoms with Gasteiger partial charge in [0, 0.05) is 11.1 Å². The van der Waals surface area contributed by atoms with E-state index in [1.165, 1.54) is 18.4 Å². The van der Waals surface area contributed by atoms with Gasteiger partial charge in [-0.25, -0.2) is 0 Å². The van der Waals surface area contributed by atoms with Crippen LogP contribution in [0.4, 0.5) is 0 Å². The lowest BCUT2D eigenvalue weighted by Gasteiger charge is -2.13. The van der Waals surface area contributed by atoms with Crippen molar-refractivity contribution in [2.75, 3.05) is 0 Å². The fourth-order valence-corrected chi connectivity index (χ4v) is 2.01. The van der Waals surface area contributed by atoms with Crippen molar-refractivity contribution in [3.8, 4) is 0 Å². The highest BCUT2D eigenvalue weighted by atomic mass is 35.5. The molecule has 2 rings (SSSR count). The van der Waals surface area contributed by atoms with Crippen LogP contribution in [-0.4, -0.2) is 0 Å². The molecule has 1 aliphatic rings. The van der Waals surface area contributed by atoms with Gasteiger partial charge in [-0.2, -0.15) is 0 Å². The summed E-state index contributed by atoms with van der Waals surface area (Å²) >= 11 is 6.11. The van der Waals surface area contributed by atoms with E-state index in [1.54, 1.807) is 0 Å². The van der Waals surface area contributed by atoms with Crippen molar-refractivity contribution in [3.05, 3.63) is 33.8 Å². The first-order valence-corrected chi connectivity index (χ1v) is 5.49. The summed E-state index contributed by atoms with van der Waals surface area (Å²) in [5.41, 5.74) is 9.66. The summed E-state index contributed by atoms with van der Waals surface area (Å²) in [4.78, 5) is 0. The summed E-state index contributed by atoms with van der Waals surface area (Å²) in [5.74, 6) is 0.704. The summed E-state index contributed by atoms with van der Waals surface area (Å²) in [5, 5.41) is 0.872. The Morgan fingerprint density at radius 1 is 1.29 bits per heavy atom. The Kier molecular flexibility index (Phi) is 2.54. The molecule has 14 heavy (non-hydrogen) atoms. The number of benzene rings is 1. The lowest BCUT2D eigenvalue weighted by molar-refractivity contribution is 0.632. The predicted molar refractivity (Wildman–Crippen MR) is 60.6 cm³/mol. The average Bonchev–Trinajstić information content (AvgIpc) is 2.95. The molecule has 0 amide bonds. The summed E-state index contributed by atoms with van der Waals surface area (Å²) in [6.45, 7) is 4.08. The molecule has 0 aliphatic heterocycles. The summed E-state index contributed by atoms with van der Waals surface area (Å²) < 4.78 is 0. The van der Waals surface area contributed by atoms with Gasteiger partial charge in [-0.15, -0.1) is 0 Å². The summed E-state index contributed by atoms with van der Waals surface area (Å²) in [6, 6.07) is 4.46. The molecular formula is C12H16ClN. The van der Waals surface area contributed by atoms with Crippen LogP contribution in [0.5, 0.6) is 0 Å². The second-order valence-corrected chi connectivity index (χ2v) is 4.71. The first kappa shape index (κ1) is 10.0. The molecule has 0 radical (unpaired) electrons. The van der Waals surface area contributed by atoms with Gasteiger partial charge in [-0.1, -0.05) is 23.7 Å². The minimum absolute atomic E-state index is 0.213. The average molecular weight is 210 g/mol. The third kappa shape index (κ3) is 1.79. The Morgan fingerprint density at radius 2 is 1.79 bits per heavy atom. The van der Waals surface area contributed by atoms with Gasteiger partial charge in [0.25, 0.3) is 0 Å². The normalized spacial score (nSPS) is 18.3. The topological polar surface area (TPSA) is 26.0 Å². The van der Waals surface area contributed by atoms with E-state index in [4.69, 9.17) is 17.3 Å². The maximum absolute atomic E-state index is 6.15. The van der Waals surface area contributed by atoms with Crippen LogP contribution in [0.3, 0.4) is 0 Å². The molecule has 0 bridgehead atoms. The molecule has 1 atom stereocenters. The minimum Gasteiger partial charge on any atom is -0.324 e. The molecule has 1 aliphatic carbocycles. The predicted octanol–water partition coefficient (Wildman–Crippen LogP) is 3.37. The Balaban J connectivity index is 2.34. The quantitative estimate of drug-likeness (QED) is 0.794. The smallest absolute Gasteiger partial charge is 0.0464 e. The molecule has 76 valence electrons. The Morgan fingerprint density at radius 3 is 2.21 bits per heavy atom. The van der Waals surface area contributed by atoms with Gasteiger partial charge in [0.05, 0.1) is 0 Å². The minimum atomic E-state index is 0.213. The van der Waals surface area contributed by atoms with E-state index in [1.807, 2.05) is 13.8 Å². The number of aryl methyl sites for hydroxylation is 2. The van der Waals surface area contributed by atoms with E-state index in [0.29, 0.717) is 5.92 Å². The van der Waals surface area contributed by atoms with Crippen LogP contribution in [0.1, 0.15) is 35.6 Å². The first-order chi connectivity index (χ1) is 6.59. The highest BCUT2D eigenvalue weighted by Crippen LogP contribution is 2.40. The van der Waals surface area contributed by atoms with Gasteiger partial charge in [-0.05, 0) is 49.3 Å². The molecule has 2 heteroatoms. The second-order valence-electron chi connectivity index (χ2n) is 4.33. The van der Waals surface area contributed by atoms with Crippen LogP contribution >= 0.6 is 11.6 Å². The fourth-order valence-electron chi connectivity index (χ4n) is 1.90. The van der Waals surface area contributed by atoms with Crippen molar-refractivity contribution in [1.29, 1.82) is 0 Å². The third-order valence-corrected chi connectivity index (χ3v) is 3.57. The van der Waals surface area contributed by atoms with Crippen molar-refractivity contribution >= 4 is 11.6 Å². The van der Waals surface area contributed by atoms with Gasteiger partial charge in [0.15, 0.2) is 0 Å². The molecule has 1 fully saturated rings. The van der Waals surface area contributed by atoms with Crippen molar-refractivity contribution < 1.29 is 0 Å². The standard InChI is InChI=1S/C12H16ClN/c1-7-5-10(6-8(2)11(7)13)12(14)9-3-4-9/h5-6,9,12H,3-4,14H2,1-2H3/t12-/m1/s1. The fraction of sp³-hybridized carbons (Fsp3) is 0.500. The monoisotopic (exact) mass is 209 g/mol. The molecule has 0 spiro atoms. The van der Waals surface area contributed by atoms with Gasteiger partial charge < -0.3 is 5.73 Å². The van der Waals surface area contributed by atoms with Crippen molar-refractivity contribution in [1.82, 2.24) is 0 Å². The Hall–Kier alpha value is -0.530. The zero-order valence-corrected chi connectivity index (χ0v) is 9.43. The van der Waals surface area contributed by atoms with Crippen molar-refractivity contribution in [2.24, 2.45) is 11.7 Å². The third-order valence-electron chi connectivity index (χ3n) is 2.97. The van der Waals surface area contributed by atoms with Crippen LogP contribution in [0.25, 0.3) is 0 Å². The molecule has 0 heterocycles. The highest BCUT2D eigenvalue weighted by Gasteiger charge is 2.29. The van der Waals surface area contributed by atoms with Crippen molar-refractivity contribution in [3.63, 3.8) is 0 Å². The number of hydrogen-bond acceptors (Lipinski definition) is 1. The largest absolute Gasteiger partial charge is 0.324 e. The maximum atomic E-state index is 6.15. The maximum Gasteiger partial charge on any atom is 0.0464 e. The van der Waals surface area contributed by atoms with Crippen LogP contribution < -0.4 is 5.73 Å². The molecule has 0 saturated heterocycles. The van der Waals surface area contributed by atoms with Crippen LogP contribution in [-0.2, 0) is 0 Å². The Labute approximate surface area is 90.3 Å². The molecular weight excluding hydrogens is 194 g/mol. The van der Waals surface area contributed by atoms with Gasteiger partial charge in [0.1, 0.15) is 0 Å². The number of rotatable bonds is 2. The summed E-state index contributed by atoms with van der Waals surface area (Å²) in [6.07, 6.45) is 2.56. The van der Waals surface area contributed by atoms with E-state index < -0.39 is 0 Å². The molecule has 1 nitrogen and oxygen atoms in total. The van der Waals surface area contributed by atoms with E-state index >= 15 is 0 Å². The zero-order valence-electron chi connectivity index (χ0n) is 8.68. The van der Waals surface area contributed by atoms with Crippen LogP contribution in [0.2, 0.25) is 5.02 Å². The van der Waals surface area contributed by atoms with Crippen molar-refractivity contribution in [2.45, 2.75) is 32.7 Å². The number of nitrogens with two attached hydrogens (primary N) is 1. The van der Waals surface area contributed by atoms with Gasteiger partial charge >= 0.3 is 0 Å². The second kappa shape index (κ2) is 3.56. The first-order valence-electron chi connectivity index (χ1n) is 5.12. The molecule has 1 aromatic rings. The van der Waals surface area contributed by atoms with Gasteiger partial charge in [-0.3, -0.25) is 0 Å². The lowest BCUT2D eigenvalue weighted by atomic mass is 9.99. The molecule has 0 aromatic heterocycles. The van der Waals surface area contributed by atoms with E-state index in [-0.39, 0.29) is 6.04 Å². The lowest BCUT2D eigenvalue weighted by Crippen LogP contribution is -2.12. The number of halogens is 1. The van der Waals surface area contributed by atoms with E-state index in [0.717, 1.165) is 16.1 Å². The number of hydrogen-bond donors (Lipinski definition) is 1. The highest BCUT2D eigenvalue weighted by molar-refractivity contribution is 6.32. The van der Waals surface area contributed by atoms with Gasteiger partial charge in [0.2, 0.25) is 0 Å². The summed E-state index contributed by atoms with van der Waals surface area (Å²) in [7, 11) is 0. The zero-order chi connectivity index (χ0) is 10.3. The molecule has 1 saturated carbocycles. The SMILES string of the molecule is Cc1cc([C@H](N)C2CC2)cc(C)c1Cl. The molecule has 2 N–H and O–H groups in total. The van der Waals surface area contributed by atoms with E-state index in [2.05, 4.69) is 12.1 Å². The van der Waals surface area contributed by atoms with Crippen LogP contribution in [0.15, 0.2) is 12.1 Å². The van der Waals surface area contributed by atoms with E-state index in [9.17, 15) is 0 Å².